The zero-order chi connectivity index (χ0) is 25.5. The molecule has 0 saturated carbocycles. The molecule has 4 aromatic rings. The quantitative estimate of drug-likeness (QED) is 0.261. The van der Waals surface area contributed by atoms with Crippen LogP contribution in [-0.2, 0) is 11.2 Å². The molecule has 0 spiro atoms. The number of anilines is 1. The van der Waals surface area contributed by atoms with Crippen LogP contribution < -0.4 is 19.5 Å². The predicted octanol–water partition coefficient (Wildman–Crippen LogP) is 6.84. The average molecular weight is 487 g/mol. The largest absolute Gasteiger partial charge is 0.493 e. The van der Waals surface area contributed by atoms with Gasteiger partial charge in [-0.25, -0.2) is 4.79 Å². The van der Waals surface area contributed by atoms with Gasteiger partial charge in [0, 0.05) is 23.3 Å². The van der Waals surface area contributed by atoms with E-state index in [9.17, 15) is 4.79 Å². The summed E-state index contributed by atoms with van der Waals surface area (Å²) in [5, 5.41) is 3.64. The summed E-state index contributed by atoms with van der Waals surface area (Å²) in [7, 11) is 3.18. The normalized spacial score (nSPS) is 10.7. The molecule has 36 heavy (non-hydrogen) atoms. The SMILES string of the molecule is COc1cc2nccc(Oc3cc(C)c(NC(=O)OCCCc4ccccc4)cc3C)c2cc1OC. The van der Waals surface area contributed by atoms with E-state index in [-0.39, 0.29) is 0 Å². The number of ether oxygens (including phenoxy) is 4. The number of aryl methyl sites for hydroxylation is 3. The lowest BCUT2D eigenvalue weighted by Crippen LogP contribution is -2.15. The molecule has 0 fully saturated rings. The maximum absolute atomic E-state index is 12.3. The number of carbonyl (C=O) groups is 1. The highest BCUT2D eigenvalue weighted by atomic mass is 16.5. The van der Waals surface area contributed by atoms with Crippen LogP contribution in [0.15, 0.2) is 66.9 Å². The van der Waals surface area contributed by atoms with Gasteiger partial charge in [-0.3, -0.25) is 10.3 Å². The van der Waals surface area contributed by atoms with Gasteiger partial charge in [0.15, 0.2) is 11.5 Å². The fourth-order valence-corrected chi connectivity index (χ4v) is 3.92. The Kier molecular flexibility index (Phi) is 7.90. The lowest BCUT2D eigenvalue weighted by Gasteiger charge is -2.16. The first-order valence-corrected chi connectivity index (χ1v) is 11.8. The predicted molar refractivity (Wildman–Crippen MR) is 141 cm³/mol. The molecular formula is C29H30N2O5. The topological polar surface area (TPSA) is 78.9 Å². The number of nitrogens with zero attached hydrogens (tertiary/aromatic N) is 1. The highest BCUT2D eigenvalue weighted by Crippen LogP contribution is 2.38. The van der Waals surface area contributed by atoms with Crippen molar-refractivity contribution in [3.63, 3.8) is 0 Å². The van der Waals surface area contributed by atoms with Gasteiger partial charge in [0.1, 0.15) is 11.5 Å². The third kappa shape index (κ3) is 5.86. The highest BCUT2D eigenvalue weighted by Gasteiger charge is 2.14. The fourth-order valence-electron chi connectivity index (χ4n) is 3.92. The van der Waals surface area contributed by atoms with Crippen molar-refractivity contribution in [2.24, 2.45) is 0 Å². The molecule has 186 valence electrons. The van der Waals surface area contributed by atoms with Crippen LogP contribution in [0.25, 0.3) is 10.9 Å². The van der Waals surface area contributed by atoms with Crippen molar-refractivity contribution in [3.8, 4) is 23.0 Å². The first-order chi connectivity index (χ1) is 17.5. The number of aromatic nitrogens is 1. The lowest BCUT2D eigenvalue weighted by atomic mass is 10.1. The number of benzene rings is 3. The number of methoxy groups -OCH3 is 2. The molecule has 0 aliphatic rings. The second-order valence-electron chi connectivity index (χ2n) is 8.42. The van der Waals surface area contributed by atoms with E-state index < -0.39 is 6.09 Å². The van der Waals surface area contributed by atoms with Crippen molar-refractivity contribution in [2.75, 3.05) is 26.1 Å². The second-order valence-corrected chi connectivity index (χ2v) is 8.42. The van der Waals surface area contributed by atoms with E-state index >= 15 is 0 Å². The molecule has 0 radical (unpaired) electrons. The minimum atomic E-state index is -0.472. The minimum Gasteiger partial charge on any atom is -0.493 e. The molecule has 1 N–H and O–H groups in total. The standard InChI is InChI=1S/C29H30N2O5/c1-19-16-26(36-25-12-13-30-24-18-28(34-4)27(33-3)17-22(24)25)20(2)15-23(19)31-29(32)35-14-8-11-21-9-6-5-7-10-21/h5-7,9-10,12-13,15-18H,8,11,14H2,1-4H3,(H,31,32). The van der Waals surface area contributed by atoms with Gasteiger partial charge >= 0.3 is 6.09 Å². The van der Waals surface area contributed by atoms with E-state index in [1.807, 2.05) is 62.4 Å². The van der Waals surface area contributed by atoms with Gasteiger partial charge in [-0.1, -0.05) is 30.3 Å². The monoisotopic (exact) mass is 486 g/mol. The van der Waals surface area contributed by atoms with Crippen molar-refractivity contribution >= 4 is 22.7 Å². The molecular weight excluding hydrogens is 456 g/mol. The van der Waals surface area contributed by atoms with Crippen LogP contribution in [0.1, 0.15) is 23.1 Å². The second kappa shape index (κ2) is 11.4. The first-order valence-electron chi connectivity index (χ1n) is 11.8. The third-order valence-electron chi connectivity index (χ3n) is 5.87. The van der Waals surface area contributed by atoms with E-state index in [0.29, 0.717) is 35.3 Å². The summed E-state index contributed by atoms with van der Waals surface area (Å²) in [6.45, 7) is 4.19. The lowest BCUT2D eigenvalue weighted by molar-refractivity contribution is 0.160. The molecule has 1 amide bonds. The van der Waals surface area contributed by atoms with Crippen LogP contribution in [0.3, 0.4) is 0 Å². The number of fused-ring (bicyclic) bond motifs is 1. The summed E-state index contributed by atoms with van der Waals surface area (Å²) in [4.78, 5) is 16.8. The van der Waals surface area contributed by atoms with Crippen LogP contribution in [0.4, 0.5) is 10.5 Å². The Balaban J connectivity index is 1.43. The average Bonchev–Trinajstić information content (AvgIpc) is 2.89. The van der Waals surface area contributed by atoms with Gasteiger partial charge in [-0.05, 0) is 67.6 Å². The van der Waals surface area contributed by atoms with Crippen LogP contribution in [0.5, 0.6) is 23.0 Å². The molecule has 4 rings (SSSR count). The first kappa shape index (κ1) is 24.9. The number of rotatable bonds is 9. The van der Waals surface area contributed by atoms with Crippen molar-refractivity contribution in [1.82, 2.24) is 4.98 Å². The Morgan fingerprint density at radius 3 is 2.36 bits per heavy atom. The Labute approximate surface area is 211 Å². The molecule has 0 atom stereocenters. The number of carbonyl (C=O) groups excluding carboxylic acids is 1. The number of hydrogen-bond donors (Lipinski definition) is 1. The van der Waals surface area contributed by atoms with Crippen LogP contribution in [0, 0.1) is 13.8 Å². The third-order valence-corrected chi connectivity index (χ3v) is 5.87. The molecule has 0 aliphatic heterocycles. The van der Waals surface area contributed by atoms with Gasteiger partial charge in [0.25, 0.3) is 0 Å². The van der Waals surface area contributed by atoms with E-state index in [2.05, 4.69) is 22.4 Å². The Hall–Kier alpha value is -4.26. The van der Waals surface area contributed by atoms with Gasteiger partial charge in [-0.2, -0.15) is 0 Å². The summed E-state index contributed by atoms with van der Waals surface area (Å²) in [6.07, 6.45) is 2.84. The zero-order valence-electron chi connectivity index (χ0n) is 21.0. The number of hydrogen-bond acceptors (Lipinski definition) is 6. The van der Waals surface area contributed by atoms with Crippen LogP contribution >= 0.6 is 0 Å². The maximum atomic E-state index is 12.3. The number of nitrogens with one attached hydrogen (secondary N) is 1. The summed E-state index contributed by atoms with van der Waals surface area (Å²) < 4.78 is 22.5. The van der Waals surface area contributed by atoms with E-state index in [0.717, 1.165) is 34.9 Å². The smallest absolute Gasteiger partial charge is 0.411 e. The highest BCUT2D eigenvalue weighted by molar-refractivity contribution is 5.89. The van der Waals surface area contributed by atoms with Gasteiger partial charge in [0.05, 0.1) is 26.3 Å². The number of pyridine rings is 1. The Morgan fingerprint density at radius 2 is 1.61 bits per heavy atom. The van der Waals surface area contributed by atoms with Crippen molar-refractivity contribution < 1.29 is 23.7 Å². The molecule has 0 bridgehead atoms. The summed E-state index contributed by atoms with van der Waals surface area (Å²) in [5.41, 5.74) is 4.36. The van der Waals surface area contributed by atoms with Crippen molar-refractivity contribution in [2.45, 2.75) is 26.7 Å². The van der Waals surface area contributed by atoms with Gasteiger partial charge < -0.3 is 18.9 Å². The molecule has 1 heterocycles. The van der Waals surface area contributed by atoms with Crippen molar-refractivity contribution in [1.29, 1.82) is 0 Å². The van der Waals surface area contributed by atoms with Crippen LogP contribution in [0.2, 0.25) is 0 Å². The minimum absolute atomic E-state index is 0.351. The summed E-state index contributed by atoms with van der Waals surface area (Å²) in [5.74, 6) is 2.51. The van der Waals surface area contributed by atoms with Crippen molar-refractivity contribution in [3.05, 3.63) is 83.6 Å². The Bertz CT molecular complexity index is 1360. The molecule has 0 unspecified atom stereocenters. The summed E-state index contributed by atoms with van der Waals surface area (Å²) >= 11 is 0. The molecule has 0 saturated heterocycles. The molecule has 1 aromatic heterocycles. The van der Waals surface area contributed by atoms with Crippen LogP contribution in [-0.4, -0.2) is 31.9 Å². The molecule has 7 nitrogen and oxygen atoms in total. The molecule has 7 heteroatoms. The van der Waals surface area contributed by atoms with Gasteiger partial charge in [0.2, 0.25) is 0 Å². The summed E-state index contributed by atoms with van der Waals surface area (Å²) in [6, 6.07) is 19.4. The molecule has 0 aliphatic carbocycles. The van der Waals surface area contributed by atoms with Gasteiger partial charge in [-0.15, -0.1) is 0 Å². The van der Waals surface area contributed by atoms with E-state index in [4.69, 9.17) is 18.9 Å². The Morgan fingerprint density at radius 1 is 0.861 bits per heavy atom. The molecule has 3 aromatic carbocycles. The fraction of sp³-hybridized carbons (Fsp3) is 0.241. The number of amides is 1. The zero-order valence-corrected chi connectivity index (χ0v) is 21.0. The van der Waals surface area contributed by atoms with E-state index in [1.165, 1.54) is 5.56 Å². The maximum Gasteiger partial charge on any atom is 0.411 e. The van der Waals surface area contributed by atoms with E-state index in [1.54, 1.807) is 20.4 Å².